The summed E-state index contributed by atoms with van der Waals surface area (Å²) in [5.41, 5.74) is 2.33. The van der Waals surface area contributed by atoms with Gasteiger partial charge in [0.2, 0.25) is 0 Å². The summed E-state index contributed by atoms with van der Waals surface area (Å²) in [4.78, 5) is 11.4. The van der Waals surface area contributed by atoms with Gasteiger partial charge in [-0.1, -0.05) is 53.2 Å². The Kier molecular flexibility index (Phi) is 9.21. The van der Waals surface area contributed by atoms with Crippen LogP contribution in [0.15, 0.2) is 34.8 Å². The van der Waals surface area contributed by atoms with Crippen molar-refractivity contribution in [3.63, 3.8) is 0 Å². The number of rotatable bonds is 11. The number of hydrogen-bond acceptors (Lipinski definition) is 4. The Balaban J connectivity index is 1.96. The number of carbonyl (C=O) groups is 1. The van der Waals surface area contributed by atoms with Crippen molar-refractivity contribution in [3.05, 3.63) is 56.5 Å². The quantitative estimate of drug-likeness (QED) is 0.152. The molecule has 0 N–H and O–H groups in total. The van der Waals surface area contributed by atoms with Crippen molar-refractivity contribution in [2.45, 2.75) is 39.0 Å². The molecule has 0 bridgehead atoms. The van der Waals surface area contributed by atoms with Gasteiger partial charge in [0, 0.05) is 36.2 Å². The standard InChI is InChI=1S/C22H28BrClO4Si/c1-16-19(23)6-5-7-21(16)27-9-8-17-13-22(18(14-25)12-20(17)24)28-15-26-10-11-29(2,3)4/h5-7,12-14H,8-11,15H2,1-4H3. The summed E-state index contributed by atoms with van der Waals surface area (Å²) >= 11 is 9.85. The third kappa shape index (κ3) is 7.77. The van der Waals surface area contributed by atoms with Crippen LogP contribution in [0.25, 0.3) is 0 Å². The molecule has 2 aromatic rings. The van der Waals surface area contributed by atoms with E-state index in [2.05, 4.69) is 35.6 Å². The Labute approximate surface area is 187 Å². The van der Waals surface area contributed by atoms with Crippen LogP contribution in [0.3, 0.4) is 0 Å². The third-order valence-electron chi connectivity index (χ3n) is 4.45. The molecule has 29 heavy (non-hydrogen) atoms. The normalized spacial score (nSPS) is 11.4. The highest BCUT2D eigenvalue weighted by Crippen LogP contribution is 2.28. The molecular formula is C22H28BrClO4Si. The molecule has 2 aromatic carbocycles. The second-order valence-electron chi connectivity index (χ2n) is 8.04. The minimum Gasteiger partial charge on any atom is -0.493 e. The van der Waals surface area contributed by atoms with Crippen LogP contribution in [0.2, 0.25) is 30.7 Å². The highest BCUT2D eigenvalue weighted by Gasteiger charge is 2.13. The first kappa shape index (κ1) is 23.9. The van der Waals surface area contributed by atoms with E-state index in [9.17, 15) is 4.79 Å². The molecule has 0 saturated heterocycles. The second kappa shape index (κ2) is 11.2. The lowest BCUT2D eigenvalue weighted by molar-refractivity contribution is 0.0217. The molecule has 0 aliphatic carbocycles. The topological polar surface area (TPSA) is 44.8 Å². The van der Waals surface area contributed by atoms with Gasteiger partial charge in [0.1, 0.15) is 11.5 Å². The number of benzene rings is 2. The van der Waals surface area contributed by atoms with Crippen LogP contribution in [-0.2, 0) is 11.2 Å². The van der Waals surface area contributed by atoms with Crippen LogP contribution >= 0.6 is 27.5 Å². The molecule has 158 valence electrons. The Morgan fingerprint density at radius 3 is 2.55 bits per heavy atom. The van der Waals surface area contributed by atoms with E-state index in [0.29, 0.717) is 36.0 Å². The number of halogens is 2. The summed E-state index contributed by atoms with van der Waals surface area (Å²) < 4.78 is 18.2. The van der Waals surface area contributed by atoms with E-state index in [1.54, 1.807) is 12.1 Å². The van der Waals surface area contributed by atoms with Crippen LogP contribution in [0.4, 0.5) is 0 Å². The summed E-state index contributed by atoms with van der Waals surface area (Å²) in [6, 6.07) is 10.3. The van der Waals surface area contributed by atoms with Gasteiger partial charge in [0.15, 0.2) is 13.1 Å². The molecule has 2 rings (SSSR count). The maximum Gasteiger partial charge on any atom is 0.189 e. The molecule has 0 atom stereocenters. The van der Waals surface area contributed by atoms with Gasteiger partial charge < -0.3 is 14.2 Å². The fourth-order valence-corrected chi connectivity index (χ4v) is 3.95. The largest absolute Gasteiger partial charge is 0.493 e. The molecule has 7 heteroatoms. The highest BCUT2D eigenvalue weighted by molar-refractivity contribution is 9.10. The summed E-state index contributed by atoms with van der Waals surface area (Å²) in [6.07, 6.45) is 1.34. The van der Waals surface area contributed by atoms with Gasteiger partial charge in [-0.25, -0.2) is 0 Å². The van der Waals surface area contributed by atoms with Crippen molar-refractivity contribution in [2.24, 2.45) is 0 Å². The molecule has 0 unspecified atom stereocenters. The van der Waals surface area contributed by atoms with Gasteiger partial charge >= 0.3 is 0 Å². The molecule has 0 aliphatic rings. The van der Waals surface area contributed by atoms with E-state index < -0.39 is 8.07 Å². The zero-order chi connectivity index (χ0) is 21.4. The zero-order valence-electron chi connectivity index (χ0n) is 17.4. The average molecular weight is 500 g/mol. The summed E-state index contributed by atoms with van der Waals surface area (Å²) in [6.45, 7) is 10.1. The summed E-state index contributed by atoms with van der Waals surface area (Å²) in [5.74, 6) is 1.30. The lowest BCUT2D eigenvalue weighted by atomic mass is 10.1. The van der Waals surface area contributed by atoms with Gasteiger partial charge in [-0.2, -0.15) is 0 Å². The maximum atomic E-state index is 11.4. The predicted molar refractivity (Wildman–Crippen MR) is 125 cm³/mol. The first-order valence-electron chi connectivity index (χ1n) is 9.57. The van der Waals surface area contributed by atoms with Crippen LogP contribution in [0.5, 0.6) is 11.5 Å². The highest BCUT2D eigenvalue weighted by atomic mass is 79.9. The zero-order valence-corrected chi connectivity index (χ0v) is 20.7. The van der Waals surface area contributed by atoms with Crippen LogP contribution < -0.4 is 9.47 Å². The lowest BCUT2D eigenvalue weighted by Crippen LogP contribution is -2.22. The Morgan fingerprint density at radius 2 is 1.86 bits per heavy atom. The molecule has 0 spiro atoms. The second-order valence-corrected chi connectivity index (χ2v) is 14.9. The molecule has 0 heterocycles. The van der Waals surface area contributed by atoms with Crippen molar-refractivity contribution in [1.29, 1.82) is 0 Å². The van der Waals surface area contributed by atoms with Crippen LogP contribution in [0.1, 0.15) is 21.5 Å². The van der Waals surface area contributed by atoms with Crippen LogP contribution in [0, 0.1) is 6.92 Å². The SMILES string of the molecule is Cc1c(Br)cccc1OCCc1cc(OCOCC[Si](C)(C)C)c(C=O)cc1Cl. The number of hydrogen-bond donors (Lipinski definition) is 0. The van der Waals surface area contributed by atoms with Crippen molar-refractivity contribution >= 4 is 41.9 Å². The fourth-order valence-electron chi connectivity index (χ4n) is 2.58. The van der Waals surface area contributed by atoms with Crippen molar-refractivity contribution < 1.29 is 19.0 Å². The molecule has 0 aliphatic heterocycles. The minimum atomic E-state index is -1.14. The van der Waals surface area contributed by atoms with Gasteiger partial charge in [-0.05, 0) is 42.8 Å². The van der Waals surface area contributed by atoms with Crippen molar-refractivity contribution in [1.82, 2.24) is 0 Å². The molecule has 0 aromatic heterocycles. The van der Waals surface area contributed by atoms with Gasteiger partial charge in [-0.15, -0.1) is 0 Å². The average Bonchev–Trinajstić information content (AvgIpc) is 2.65. The van der Waals surface area contributed by atoms with E-state index in [0.717, 1.165) is 33.7 Å². The Hall–Kier alpha value is -1.34. The minimum absolute atomic E-state index is 0.111. The summed E-state index contributed by atoms with van der Waals surface area (Å²) in [7, 11) is -1.14. The van der Waals surface area contributed by atoms with E-state index in [1.807, 2.05) is 25.1 Å². The van der Waals surface area contributed by atoms with E-state index >= 15 is 0 Å². The number of ether oxygens (including phenoxy) is 3. The van der Waals surface area contributed by atoms with E-state index in [1.165, 1.54) is 0 Å². The maximum absolute atomic E-state index is 11.4. The van der Waals surface area contributed by atoms with Gasteiger partial charge in [-0.3, -0.25) is 4.79 Å². The lowest BCUT2D eigenvalue weighted by Gasteiger charge is -2.16. The summed E-state index contributed by atoms with van der Waals surface area (Å²) in [5, 5.41) is 0.522. The molecule has 0 fully saturated rings. The van der Waals surface area contributed by atoms with E-state index in [-0.39, 0.29) is 6.79 Å². The Morgan fingerprint density at radius 1 is 1.10 bits per heavy atom. The predicted octanol–water partition coefficient (Wildman–Crippen LogP) is 6.54. The fraction of sp³-hybridized carbons (Fsp3) is 0.409. The number of aldehydes is 1. The first-order chi connectivity index (χ1) is 13.7. The van der Waals surface area contributed by atoms with Gasteiger partial charge in [0.25, 0.3) is 0 Å². The molecule has 0 radical (unpaired) electrons. The van der Waals surface area contributed by atoms with Gasteiger partial charge in [0.05, 0.1) is 12.2 Å². The van der Waals surface area contributed by atoms with Crippen molar-refractivity contribution in [2.75, 3.05) is 20.0 Å². The number of carbonyl (C=O) groups excluding carboxylic acids is 1. The van der Waals surface area contributed by atoms with Crippen LogP contribution in [-0.4, -0.2) is 34.4 Å². The Bertz CT molecular complexity index is 836. The third-order valence-corrected chi connectivity index (χ3v) is 7.36. The molecule has 0 amide bonds. The molecular weight excluding hydrogens is 472 g/mol. The smallest absolute Gasteiger partial charge is 0.189 e. The van der Waals surface area contributed by atoms with E-state index in [4.69, 9.17) is 25.8 Å². The monoisotopic (exact) mass is 498 g/mol. The molecule has 0 saturated carbocycles. The first-order valence-corrected chi connectivity index (χ1v) is 14.4. The molecule has 4 nitrogen and oxygen atoms in total. The van der Waals surface area contributed by atoms with Crippen molar-refractivity contribution in [3.8, 4) is 11.5 Å².